The van der Waals surface area contributed by atoms with Crippen LogP contribution in [-0.2, 0) is 34.9 Å². The first kappa shape index (κ1) is 21.1. The molecule has 0 fully saturated rings. The van der Waals surface area contributed by atoms with E-state index in [4.69, 9.17) is 4.74 Å². The first-order chi connectivity index (χ1) is 13.6. The summed E-state index contributed by atoms with van der Waals surface area (Å²) in [4.78, 5) is 10.4. The van der Waals surface area contributed by atoms with Crippen LogP contribution in [0.15, 0.2) is 42.5 Å². The summed E-state index contributed by atoms with van der Waals surface area (Å²) in [6, 6.07) is 6.90. The lowest BCUT2D eigenvalue weighted by Crippen LogP contribution is -2.12. The van der Waals surface area contributed by atoms with Crippen LogP contribution in [0.25, 0.3) is 6.08 Å². The van der Waals surface area contributed by atoms with Gasteiger partial charge in [0.15, 0.2) is 0 Å². The summed E-state index contributed by atoms with van der Waals surface area (Å²) in [5, 5.41) is 0. The number of hydrogen-bond acceptors (Lipinski definition) is 2. The van der Waals surface area contributed by atoms with Crippen LogP contribution >= 0.6 is 0 Å². The van der Waals surface area contributed by atoms with E-state index < -0.39 is 29.6 Å². The monoisotopic (exact) mass is 414 g/mol. The van der Waals surface area contributed by atoms with Crippen LogP contribution in [0.4, 0.5) is 26.3 Å². The Morgan fingerprint density at radius 3 is 2.21 bits per heavy atom. The van der Waals surface area contributed by atoms with Gasteiger partial charge in [-0.2, -0.15) is 26.3 Å². The van der Waals surface area contributed by atoms with Gasteiger partial charge < -0.3 is 4.74 Å². The van der Waals surface area contributed by atoms with E-state index in [2.05, 4.69) is 0 Å². The lowest BCUT2D eigenvalue weighted by Gasteiger charge is -2.17. The minimum absolute atomic E-state index is 0.0999. The van der Waals surface area contributed by atoms with E-state index in [9.17, 15) is 31.1 Å². The molecule has 1 unspecified atom stereocenters. The van der Waals surface area contributed by atoms with Gasteiger partial charge in [-0.25, -0.2) is 0 Å². The Hall–Kier alpha value is -2.61. The van der Waals surface area contributed by atoms with Crippen molar-refractivity contribution in [3.63, 3.8) is 0 Å². The Morgan fingerprint density at radius 1 is 0.966 bits per heavy atom. The third-order valence-corrected chi connectivity index (χ3v) is 4.66. The fraction of sp³-hybridized carbons (Fsp3) is 0.286. The van der Waals surface area contributed by atoms with Crippen LogP contribution < -0.4 is 0 Å². The number of aldehydes is 1. The molecule has 8 heteroatoms. The van der Waals surface area contributed by atoms with Crippen LogP contribution in [0.1, 0.15) is 45.9 Å². The first-order valence-electron chi connectivity index (χ1n) is 8.72. The number of allylic oxidation sites excluding steroid dienone is 1. The van der Waals surface area contributed by atoms with Gasteiger partial charge in [-0.3, -0.25) is 4.79 Å². The molecule has 0 bridgehead atoms. The number of carbonyl (C=O) groups excluding carboxylic acids is 1. The first-order valence-corrected chi connectivity index (χ1v) is 8.72. The molecular weight excluding hydrogens is 398 g/mol. The zero-order valence-corrected chi connectivity index (χ0v) is 15.0. The number of benzene rings is 2. The molecule has 0 spiro atoms. The van der Waals surface area contributed by atoms with E-state index >= 15 is 0 Å². The fourth-order valence-electron chi connectivity index (χ4n) is 3.33. The molecule has 0 radical (unpaired) electrons. The van der Waals surface area contributed by atoms with E-state index in [1.165, 1.54) is 6.08 Å². The molecule has 2 aromatic rings. The normalized spacial score (nSPS) is 17.0. The SMILES string of the molecule is O=C/C=C/c1ccc2c(c1)CCC2OCc1cc(C(F)(F)F)cc(C(F)(F)F)c1. The van der Waals surface area contributed by atoms with Crippen molar-refractivity contribution >= 4 is 12.4 Å². The molecular formula is C21H16F6O2. The van der Waals surface area contributed by atoms with Crippen molar-refractivity contribution < 1.29 is 35.9 Å². The third-order valence-electron chi connectivity index (χ3n) is 4.66. The second-order valence-electron chi connectivity index (χ2n) is 6.71. The maximum atomic E-state index is 13.0. The van der Waals surface area contributed by atoms with Crippen molar-refractivity contribution in [2.45, 2.75) is 37.9 Å². The molecule has 1 aliphatic rings. The van der Waals surface area contributed by atoms with Gasteiger partial charge in [-0.15, -0.1) is 0 Å². The van der Waals surface area contributed by atoms with Gasteiger partial charge >= 0.3 is 12.4 Å². The average Bonchev–Trinajstić information content (AvgIpc) is 3.05. The molecule has 1 atom stereocenters. The number of alkyl halides is 6. The van der Waals surface area contributed by atoms with E-state index in [0.717, 1.165) is 16.7 Å². The molecule has 0 saturated carbocycles. The minimum Gasteiger partial charge on any atom is -0.369 e. The van der Waals surface area contributed by atoms with Crippen LogP contribution in [0, 0.1) is 0 Å². The zero-order chi connectivity index (χ0) is 21.2. The second-order valence-corrected chi connectivity index (χ2v) is 6.71. The van der Waals surface area contributed by atoms with Gasteiger partial charge in [0.25, 0.3) is 0 Å². The molecule has 0 aromatic heterocycles. The molecule has 154 valence electrons. The molecule has 3 rings (SSSR count). The van der Waals surface area contributed by atoms with Gasteiger partial charge in [-0.1, -0.05) is 24.3 Å². The van der Waals surface area contributed by atoms with E-state index in [1.54, 1.807) is 18.2 Å². The summed E-state index contributed by atoms with van der Waals surface area (Å²) in [7, 11) is 0. The molecule has 0 heterocycles. The van der Waals surface area contributed by atoms with Crippen molar-refractivity contribution in [3.05, 3.63) is 75.9 Å². The highest BCUT2D eigenvalue weighted by atomic mass is 19.4. The number of carbonyl (C=O) groups is 1. The van der Waals surface area contributed by atoms with Crippen LogP contribution in [0.5, 0.6) is 0 Å². The average molecular weight is 414 g/mol. The predicted octanol–water partition coefficient (Wildman–Crippen LogP) is 6.14. The van der Waals surface area contributed by atoms with Crippen LogP contribution in [-0.4, -0.2) is 6.29 Å². The Bertz CT molecular complexity index is 895. The van der Waals surface area contributed by atoms with Crippen molar-refractivity contribution in [1.29, 1.82) is 0 Å². The van der Waals surface area contributed by atoms with Gasteiger partial charge in [0.05, 0.1) is 23.8 Å². The van der Waals surface area contributed by atoms with Gasteiger partial charge in [-0.05, 0) is 59.4 Å². The molecule has 0 N–H and O–H groups in total. The second kappa shape index (κ2) is 8.02. The number of ether oxygens (including phenoxy) is 1. The Morgan fingerprint density at radius 2 is 1.62 bits per heavy atom. The fourth-order valence-corrected chi connectivity index (χ4v) is 3.33. The summed E-state index contributed by atoms with van der Waals surface area (Å²) in [5.41, 5.74) is -0.261. The number of fused-ring (bicyclic) bond motifs is 1. The molecule has 1 aliphatic carbocycles. The number of hydrogen-bond donors (Lipinski definition) is 0. The summed E-state index contributed by atoms with van der Waals surface area (Å²) in [5.74, 6) is 0. The van der Waals surface area contributed by atoms with Gasteiger partial charge in [0.1, 0.15) is 6.29 Å². The lowest BCUT2D eigenvalue weighted by atomic mass is 10.0. The number of aryl methyl sites for hydroxylation is 1. The van der Waals surface area contributed by atoms with Crippen molar-refractivity contribution in [2.24, 2.45) is 0 Å². The smallest absolute Gasteiger partial charge is 0.369 e. The quantitative estimate of drug-likeness (QED) is 0.334. The van der Waals surface area contributed by atoms with Crippen molar-refractivity contribution in [3.8, 4) is 0 Å². The maximum Gasteiger partial charge on any atom is 0.416 e. The maximum absolute atomic E-state index is 13.0. The summed E-state index contributed by atoms with van der Waals surface area (Å²) < 4.78 is 83.5. The van der Waals surface area contributed by atoms with Gasteiger partial charge in [0, 0.05) is 0 Å². The molecule has 2 nitrogen and oxygen atoms in total. The standard InChI is InChI=1S/C21H16F6O2/c22-20(23,24)16-9-14(10-17(11-16)21(25,26)27)12-29-19-6-4-15-8-13(2-1-7-28)3-5-18(15)19/h1-3,5,7-11,19H,4,6,12H2/b2-1+. The van der Waals surface area contributed by atoms with E-state index in [1.807, 2.05) is 6.07 Å². The lowest BCUT2D eigenvalue weighted by molar-refractivity contribution is -0.143. The highest BCUT2D eigenvalue weighted by Gasteiger charge is 2.37. The number of rotatable bonds is 5. The molecule has 0 saturated heterocycles. The van der Waals surface area contributed by atoms with Gasteiger partial charge in [0.2, 0.25) is 0 Å². The summed E-state index contributed by atoms with van der Waals surface area (Å²) >= 11 is 0. The third kappa shape index (κ3) is 5.06. The molecule has 29 heavy (non-hydrogen) atoms. The largest absolute Gasteiger partial charge is 0.416 e. The Labute approximate surface area is 162 Å². The molecule has 0 aliphatic heterocycles. The number of halogens is 6. The summed E-state index contributed by atoms with van der Waals surface area (Å²) in [6.45, 7) is -0.371. The Kier molecular flexibility index (Phi) is 5.84. The highest BCUT2D eigenvalue weighted by molar-refractivity contribution is 5.74. The molecule has 0 amide bonds. The minimum atomic E-state index is -4.89. The van der Waals surface area contributed by atoms with Crippen LogP contribution in [0.3, 0.4) is 0 Å². The summed E-state index contributed by atoms with van der Waals surface area (Å²) in [6.07, 6.45) is -5.30. The topological polar surface area (TPSA) is 26.3 Å². The zero-order valence-electron chi connectivity index (χ0n) is 15.0. The van der Waals surface area contributed by atoms with Crippen molar-refractivity contribution in [1.82, 2.24) is 0 Å². The van der Waals surface area contributed by atoms with E-state index in [-0.39, 0.29) is 18.2 Å². The Balaban J connectivity index is 1.79. The van der Waals surface area contributed by atoms with Crippen molar-refractivity contribution in [2.75, 3.05) is 0 Å². The highest BCUT2D eigenvalue weighted by Crippen LogP contribution is 2.38. The predicted molar refractivity (Wildman–Crippen MR) is 93.8 cm³/mol. The van der Waals surface area contributed by atoms with E-state index in [0.29, 0.717) is 31.3 Å². The van der Waals surface area contributed by atoms with Crippen LogP contribution in [0.2, 0.25) is 0 Å². The molecule has 2 aromatic carbocycles.